The molecule has 8 heteroatoms. The minimum Gasteiger partial charge on any atom is -0.356 e. The standard InChI is InChI=1S/C22H27N7O/c1-22(2,3)18-7-19(25-13-24-18)28-9-14-11-29(12-15(14)10-28)21-26-17-8-23-6-5-16(17)20(30)27(21)4/h5-8,13-15H,9-12H2,1-4H3. The van der Waals surface area contributed by atoms with E-state index < -0.39 is 0 Å². The Hall–Kier alpha value is -3.03. The molecular formula is C22H27N7O. The monoisotopic (exact) mass is 405 g/mol. The molecule has 3 aromatic heterocycles. The van der Waals surface area contributed by atoms with E-state index in [0.717, 1.165) is 43.6 Å². The van der Waals surface area contributed by atoms with Gasteiger partial charge in [-0.05, 0) is 6.07 Å². The van der Waals surface area contributed by atoms with E-state index in [1.165, 1.54) is 0 Å². The van der Waals surface area contributed by atoms with Gasteiger partial charge in [-0.25, -0.2) is 15.0 Å². The maximum Gasteiger partial charge on any atom is 0.262 e. The highest BCUT2D eigenvalue weighted by Gasteiger charge is 2.41. The lowest BCUT2D eigenvalue weighted by Gasteiger charge is -2.25. The molecule has 3 aromatic rings. The van der Waals surface area contributed by atoms with Crippen LogP contribution in [0, 0.1) is 11.8 Å². The lowest BCUT2D eigenvalue weighted by atomic mass is 9.92. The zero-order chi connectivity index (χ0) is 21.0. The molecule has 2 unspecified atom stereocenters. The number of pyridine rings is 1. The molecule has 0 bridgehead atoms. The Morgan fingerprint density at radius 3 is 2.43 bits per heavy atom. The van der Waals surface area contributed by atoms with Crippen LogP contribution in [0.15, 0.2) is 35.6 Å². The van der Waals surface area contributed by atoms with Crippen LogP contribution in [-0.4, -0.2) is 50.7 Å². The minimum absolute atomic E-state index is 0.00544. The van der Waals surface area contributed by atoms with Crippen LogP contribution in [0.5, 0.6) is 0 Å². The molecule has 30 heavy (non-hydrogen) atoms. The number of hydrogen-bond donors (Lipinski definition) is 0. The molecule has 2 aliphatic heterocycles. The van der Waals surface area contributed by atoms with E-state index in [1.54, 1.807) is 36.4 Å². The highest BCUT2D eigenvalue weighted by molar-refractivity contribution is 5.77. The molecule has 0 aromatic carbocycles. The van der Waals surface area contributed by atoms with E-state index in [9.17, 15) is 4.79 Å². The van der Waals surface area contributed by atoms with Gasteiger partial charge >= 0.3 is 0 Å². The summed E-state index contributed by atoms with van der Waals surface area (Å²) in [5, 5.41) is 0.611. The van der Waals surface area contributed by atoms with Crippen LogP contribution in [-0.2, 0) is 12.5 Å². The van der Waals surface area contributed by atoms with Crippen molar-refractivity contribution in [2.75, 3.05) is 36.0 Å². The van der Waals surface area contributed by atoms with E-state index in [2.05, 4.69) is 51.6 Å². The molecule has 0 radical (unpaired) electrons. The van der Waals surface area contributed by atoms with Crippen molar-refractivity contribution in [1.29, 1.82) is 0 Å². The highest BCUT2D eigenvalue weighted by Crippen LogP contribution is 2.35. The summed E-state index contributed by atoms with van der Waals surface area (Å²) in [5.41, 5.74) is 1.71. The van der Waals surface area contributed by atoms with Crippen molar-refractivity contribution in [2.45, 2.75) is 26.2 Å². The fourth-order valence-electron chi connectivity index (χ4n) is 4.67. The maximum atomic E-state index is 12.7. The Balaban J connectivity index is 1.36. The zero-order valence-corrected chi connectivity index (χ0v) is 17.9. The van der Waals surface area contributed by atoms with Crippen molar-refractivity contribution in [3.63, 3.8) is 0 Å². The molecule has 0 aliphatic carbocycles. The Labute approximate surface area is 175 Å². The second-order valence-corrected chi connectivity index (χ2v) is 9.51. The van der Waals surface area contributed by atoms with Gasteiger partial charge in [0, 0.05) is 62.7 Å². The van der Waals surface area contributed by atoms with Crippen molar-refractivity contribution >= 4 is 22.7 Å². The van der Waals surface area contributed by atoms with Crippen LogP contribution in [0.25, 0.3) is 10.9 Å². The molecule has 0 N–H and O–H groups in total. The van der Waals surface area contributed by atoms with Crippen molar-refractivity contribution in [2.24, 2.45) is 18.9 Å². The smallest absolute Gasteiger partial charge is 0.262 e. The molecule has 0 saturated carbocycles. The Morgan fingerprint density at radius 1 is 1.03 bits per heavy atom. The summed E-state index contributed by atoms with van der Waals surface area (Å²) in [7, 11) is 1.81. The predicted molar refractivity (Wildman–Crippen MR) is 117 cm³/mol. The van der Waals surface area contributed by atoms with E-state index >= 15 is 0 Å². The SMILES string of the molecule is Cn1c(N2CC3CN(c4cc(C(C)(C)C)ncn4)CC3C2)nc2cnccc2c1=O. The van der Waals surface area contributed by atoms with Gasteiger partial charge in [-0.1, -0.05) is 20.8 Å². The third kappa shape index (κ3) is 3.11. The fraction of sp³-hybridized carbons (Fsp3) is 0.500. The predicted octanol–water partition coefficient (Wildman–Crippen LogP) is 1.99. The molecule has 2 saturated heterocycles. The summed E-state index contributed by atoms with van der Waals surface area (Å²) in [5.74, 6) is 2.80. The topological polar surface area (TPSA) is 80.0 Å². The van der Waals surface area contributed by atoms with Gasteiger partial charge in [0.05, 0.1) is 22.8 Å². The van der Waals surface area contributed by atoms with Crippen LogP contribution >= 0.6 is 0 Å². The van der Waals surface area contributed by atoms with Gasteiger partial charge in [-0.3, -0.25) is 14.3 Å². The number of anilines is 2. The summed E-state index contributed by atoms with van der Waals surface area (Å²) in [6, 6.07) is 3.86. The normalized spacial score (nSPS) is 21.5. The summed E-state index contributed by atoms with van der Waals surface area (Å²) in [6.45, 7) is 10.2. The molecule has 2 fully saturated rings. The highest BCUT2D eigenvalue weighted by atomic mass is 16.1. The van der Waals surface area contributed by atoms with Crippen molar-refractivity contribution in [3.05, 3.63) is 46.9 Å². The number of fused-ring (bicyclic) bond motifs is 2. The van der Waals surface area contributed by atoms with Gasteiger partial charge in [0.15, 0.2) is 0 Å². The molecule has 0 amide bonds. The molecule has 8 nitrogen and oxygen atoms in total. The fourth-order valence-corrected chi connectivity index (χ4v) is 4.67. The number of hydrogen-bond acceptors (Lipinski definition) is 7. The van der Waals surface area contributed by atoms with Crippen LogP contribution in [0.2, 0.25) is 0 Å². The summed E-state index contributed by atoms with van der Waals surface area (Å²) < 4.78 is 1.67. The lowest BCUT2D eigenvalue weighted by molar-refractivity contribution is 0.533. The van der Waals surface area contributed by atoms with Crippen LogP contribution in [0.4, 0.5) is 11.8 Å². The second kappa shape index (κ2) is 6.75. The maximum absolute atomic E-state index is 12.7. The molecule has 5 rings (SSSR count). The third-order valence-corrected chi connectivity index (χ3v) is 6.37. The van der Waals surface area contributed by atoms with Gasteiger partial charge in [0.25, 0.3) is 5.56 Å². The van der Waals surface area contributed by atoms with Crippen molar-refractivity contribution in [3.8, 4) is 0 Å². The minimum atomic E-state index is -0.0215. The molecular weight excluding hydrogens is 378 g/mol. The first-order valence-electron chi connectivity index (χ1n) is 10.4. The van der Waals surface area contributed by atoms with E-state index in [-0.39, 0.29) is 11.0 Å². The van der Waals surface area contributed by atoms with Crippen LogP contribution in [0.1, 0.15) is 26.5 Å². The van der Waals surface area contributed by atoms with Crippen molar-refractivity contribution < 1.29 is 0 Å². The quantitative estimate of drug-likeness (QED) is 0.645. The molecule has 0 spiro atoms. The molecule has 2 atom stereocenters. The number of nitrogens with zero attached hydrogens (tertiary/aromatic N) is 7. The van der Waals surface area contributed by atoms with Gasteiger partial charge in [-0.2, -0.15) is 0 Å². The summed E-state index contributed by atoms with van der Waals surface area (Å²) in [4.78, 5) is 35.2. The molecule has 2 aliphatic rings. The zero-order valence-electron chi connectivity index (χ0n) is 17.9. The van der Waals surface area contributed by atoms with E-state index in [1.807, 2.05) is 0 Å². The van der Waals surface area contributed by atoms with E-state index in [0.29, 0.717) is 22.7 Å². The molecule has 156 valence electrons. The first-order valence-corrected chi connectivity index (χ1v) is 10.4. The van der Waals surface area contributed by atoms with Crippen LogP contribution < -0.4 is 15.4 Å². The lowest BCUT2D eigenvalue weighted by Crippen LogP contribution is -2.34. The Bertz CT molecular complexity index is 1150. The Kier molecular flexibility index (Phi) is 4.27. The summed E-state index contributed by atoms with van der Waals surface area (Å²) >= 11 is 0. The third-order valence-electron chi connectivity index (χ3n) is 6.37. The van der Waals surface area contributed by atoms with Crippen LogP contribution in [0.3, 0.4) is 0 Å². The molecule has 5 heterocycles. The van der Waals surface area contributed by atoms with Gasteiger partial charge in [-0.15, -0.1) is 0 Å². The average Bonchev–Trinajstić information content (AvgIpc) is 3.29. The first-order chi connectivity index (χ1) is 14.3. The summed E-state index contributed by atoms with van der Waals surface area (Å²) in [6.07, 6.45) is 4.98. The number of aromatic nitrogens is 5. The number of rotatable bonds is 2. The van der Waals surface area contributed by atoms with Gasteiger partial charge < -0.3 is 9.80 Å². The van der Waals surface area contributed by atoms with Crippen molar-refractivity contribution in [1.82, 2.24) is 24.5 Å². The van der Waals surface area contributed by atoms with Gasteiger partial charge in [0.2, 0.25) is 5.95 Å². The van der Waals surface area contributed by atoms with E-state index in [4.69, 9.17) is 4.98 Å². The van der Waals surface area contributed by atoms with Gasteiger partial charge in [0.1, 0.15) is 12.1 Å². The largest absolute Gasteiger partial charge is 0.356 e. The second-order valence-electron chi connectivity index (χ2n) is 9.51. The first kappa shape index (κ1) is 19.0. The Morgan fingerprint density at radius 2 is 1.73 bits per heavy atom. The average molecular weight is 406 g/mol.